The van der Waals surface area contributed by atoms with Crippen molar-refractivity contribution in [1.29, 1.82) is 0 Å². The minimum atomic E-state index is 0.734. The van der Waals surface area contributed by atoms with E-state index in [4.69, 9.17) is 6.57 Å². The molecule has 2 heteroatoms. The normalized spacial score (nSPS) is 8.44. The van der Waals surface area contributed by atoms with Gasteiger partial charge in [-0.2, -0.15) is 0 Å². The molecular weight excluding hydrogens is 225 g/mol. The van der Waals surface area contributed by atoms with E-state index < -0.39 is 0 Å². The van der Waals surface area contributed by atoms with Gasteiger partial charge in [-0.3, -0.25) is 0 Å². The second-order valence-corrected chi connectivity index (χ2v) is 2.73. The Kier molecular flexibility index (Phi) is 2.06. The maximum absolute atomic E-state index is 6.70. The molecule has 0 aliphatic rings. The van der Waals surface area contributed by atoms with Gasteiger partial charge in [0.05, 0.1) is 6.57 Å². The SMILES string of the molecule is [C-]#[N+]c1ccccc1I. The molecular formula is C7H4IN. The minimum absolute atomic E-state index is 0.734. The highest BCUT2D eigenvalue weighted by Crippen LogP contribution is 2.19. The third kappa shape index (κ3) is 1.42. The first-order chi connectivity index (χ1) is 4.34. The van der Waals surface area contributed by atoms with Gasteiger partial charge < -0.3 is 0 Å². The maximum Gasteiger partial charge on any atom is 0.200 e. The molecule has 0 aliphatic heterocycles. The predicted octanol–water partition coefficient (Wildman–Crippen LogP) is 2.84. The Morgan fingerprint density at radius 2 is 2.00 bits per heavy atom. The summed E-state index contributed by atoms with van der Waals surface area (Å²) in [5.41, 5.74) is 0.734. The van der Waals surface area contributed by atoms with Crippen molar-refractivity contribution in [1.82, 2.24) is 0 Å². The molecule has 0 unspecified atom stereocenters. The highest BCUT2D eigenvalue weighted by Gasteiger charge is 1.92. The number of hydrogen-bond donors (Lipinski definition) is 0. The van der Waals surface area contributed by atoms with Gasteiger partial charge in [0.1, 0.15) is 0 Å². The van der Waals surface area contributed by atoms with Crippen LogP contribution in [0.25, 0.3) is 4.85 Å². The zero-order valence-corrected chi connectivity index (χ0v) is 6.79. The molecule has 0 aromatic heterocycles. The zero-order chi connectivity index (χ0) is 6.69. The van der Waals surface area contributed by atoms with Crippen LogP contribution in [0.4, 0.5) is 5.69 Å². The second kappa shape index (κ2) is 2.83. The van der Waals surface area contributed by atoms with Crippen LogP contribution in [0, 0.1) is 10.1 Å². The van der Waals surface area contributed by atoms with Crippen LogP contribution in [-0.4, -0.2) is 0 Å². The van der Waals surface area contributed by atoms with Crippen molar-refractivity contribution in [2.24, 2.45) is 0 Å². The first-order valence-electron chi connectivity index (χ1n) is 2.46. The number of para-hydroxylation sites is 1. The standard InChI is InChI=1S/C7H4IN/c1-9-7-5-3-2-4-6(7)8/h2-5H. The van der Waals surface area contributed by atoms with Crippen LogP contribution in [0.1, 0.15) is 0 Å². The summed E-state index contributed by atoms with van der Waals surface area (Å²) < 4.78 is 1.02. The molecule has 0 fully saturated rings. The van der Waals surface area contributed by atoms with Crippen molar-refractivity contribution in [2.75, 3.05) is 0 Å². The lowest BCUT2D eigenvalue weighted by Crippen LogP contribution is -1.66. The highest BCUT2D eigenvalue weighted by atomic mass is 127. The molecule has 0 N–H and O–H groups in total. The molecule has 1 aromatic rings. The summed E-state index contributed by atoms with van der Waals surface area (Å²) in [5.74, 6) is 0. The third-order valence-electron chi connectivity index (χ3n) is 0.973. The minimum Gasteiger partial charge on any atom is -0.237 e. The number of hydrogen-bond acceptors (Lipinski definition) is 0. The Bertz CT molecular complexity index is 249. The zero-order valence-electron chi connectivity index (χ0n) is 4.63. The number of halogens is 1. The Hall–Kier alpha value is -0.560. The summed E-state index contributed by atoms with van der Waals surface area (Å²) in [5, 5.41) is 0. The van der Waals surface area contributed by atoms with Crippen molar-refractivity contribution in [2.45, 2.75) is 0 Å². The lowest BCUT2D eigenvalue weighted by molar-refractivity contribution is 1.66. The molecule has 1 nitrogen and oxygen atoms in total. The van der Waals surface area contributed by atoms with E-state index in [1.807, 2.05) is 24.3 Å². The van der Waals surface area contributed by atoms with Gasteiger partial charge >= 0.3 is 0 Å². The van der Waals surface area contributed by atoms with Crippen LogP contribution < -0.4 is 0 Å². The van der Waals surface area contributed by atoms with Gasteiger partial charge in [-0.05, 0) is 0 Å². The lowest BCUT2D eigenvalue weighted by Gasteiger charge is -1.89. The monoisotopic (exact) mass is 229 g/mol. The summed E-state index contributed by atoms with van der Waals surface area (Å²) in [6.45, 7) is 6.70. The van der Waals surface area contributed by atoms with Crippen molar-refractivity contribution >= 4 is 28.3 Å². The molecule has 1 aromatic carbocycles. The number of nitrogens with zero attached hydrogens (tertiary/aromatic N) is 1. The molecule has 0 spiro atoms. The van der Waals surface area contributed by atoms with Crippen LogP contribution in [0.2, 0.25) is 0 Å². The summed E-state index contributed by atoms with van der Waals surface area (Å²) in [6.07, 6.45) is 0. The molecule has 0 radical (unpaired) electrons. The molecule has 0 amide bonds. The molecule has 0 aliphatic carbocycles. The third-order valence-corrected chi connectivity index (χ3v) is 1.89. The molecule has 9 heavy (non-hydrogen) atoms. The van der Waals surface area contributed by atoms with Crippen LogP contribution in [-0.2, 0) is 0 Å². The van der Waals surface area contributed by atoms with E-state index in [1.165, 1.54) is 0 Å². The second-order valence-electron chi connectivity index (χ2n) is 1.56. The molecule has 0 heterocycles. The van der Waals surface area contributed by atoms with Crippen LogP contribution in [0.3, 0.4) is 0 Å². The number of rotatable bonds is 0. The Balaban J connectivity index is 3.20. The maximum atomic E-state index is 6.70. The van der Waals surface area contributed by atoms with Crippen LogP contribution in [0.5, 0.6) is 0 Å². The lowest BCUT2D eigenvalue weighted by atomic mass is 10.3. The van der Waals surface area contributed by atoms with Gasteiger partial charge in [0, 0.05) is 3.57 Å². The largest absolute Gasteiger partial charge is 0.237 e. The smallest absolute Gasteiger partial charge is 0.200 e. The molecule has 0 saturated heterocycles. The Morgan fingerprint density at radius 1 is 1.33 bits per heavy atom. The van der Waals surface area contributed by atoms with E-state index >= 15 is 0 Å². The van der Waals surface area contributed by atoms with Gasteiger partial charge in [0.2, 0.25) is 0 Å². The van der Waals surface area contributed by atoms with Crippen molar-refractivity contribution in [3.8, 4) is 0 Å². The predicted molar refractivity (Wildman–Crippen MR) is 45.4 cm³/mol. The van der Waals surface area contributed by atoms with Crippen molar-refractivity contribution in [3.63, 3.8) is 0 Å². The quantitative estimate of drug-likeness (QED) is 0.476. The number of benzene rings is 1. The van der Waals surface area contributed by atoms with E-state index in [0.717, 1.165) is 9.26 Å². The first-order valence-corrected chi connectivity index (χ1v) is 3.54. The molecule has 0 atom stereocenters. The van der Waals surface area contributed by atoms with E-state index in [1.54, 1.807) is 0 Å². The highest BCUT2D eigenvalue weighted by molar-refractivity contribution is 14.1. The van der Waals surface area contributed by atoms with Crippen LogP contribution >= 0.6 is 22.6 Å². The molecule has 44 valence electrons. The average molecular weight is 229 g/mol. The average Bonchev–Trinajstić information content (AvgIpc) is 1.89. The fourth-order valence-corrected chi connectivity index (χ4v) is 1.05. The van der Waals surface area contributed by atoms with Gasteiger partial charge in [0.25, 0.3) is 0 Å². The molecule has 0 saturated carbocycles. The Morgan fingerprint density at radius 3 is 2.44 bits per heavy atom. The van der Waals surface area contributed by atoms with E-state index in [2.05, 4.69) is 27.4 Å². The van der Waals surface area contributed by atoms with E-state index in [0.29, 0.717) is 0 Å². The topological polar surface area (TPSA) is 4.36 Å². The van der Waals surface area contributed by atoms with Crippen LogP contribution in [0.15, 0.2) is 24.3 Å². The van der Waals surface area contributed by atoms with E-state index in [9.17, 15) is 0 Å². The van der Waals surface area contributed by atoms with Crippen molar-refractivity contribution in [3.05, 3.63) is 39.3 Å². The summed E-state index contributed by atoms with van der Waals surface area (Å²) in [6, 6.07) is 7.54. The van der Waals surface area contributed by atoms with Gasteiger partial charge in [-0.15, -0.1) is 0 Å². The van der Waals surface area contributed by atoms with Gasteiger partial charge in [0.15, 0.2) is 5.69 Å². The van der Waals surface area contributed by atoms with E-state index in [-0.39, 0.29) is 0 Å². The van der Waals surface area contributed by atoms with Gasteiger partial charge in [-0.25, -0.2) is 4.85 Å². The summed E-state index contributed by atoms with van der Waals surface area (Å²) >= 11 is 2.15. The Labute approximate surface area is 67.7 Å². The summed E-state index contributed by atoms with van der Waals surface area (Å²) in [7, 11) is 0. The molecule has 1 rings (SSSR count). The first kappa shape index (κ1) is 6.56. The van der Waals surface area contributed by atoms with Gasteiger partial charge in [-0.1, -0.05) is 46.9 Å². The fraction of sp³-hybridized carbons (Fsp3) is 0. The summed E-state index contributed by atoms with van der Waals surface area (Å²) in [4.78, 5) is 3.31. The van der Waals surface area contributed by atoms with Crippen molar-refractivity contribution < 1.29 is 0 Å². The molecule has 0 bridgehead atoms. The fourth-order valence-electron chi connectivity index (χ4n) is 0.542.